The minimum absolute atomic E-state index is 0.0205. The van der Waals surface area contributed by atoms with Crippen LogP contribution in [0.3, 0.4) is 0 Å². The molecule has 0 aromatic heterocycles. The molecule has 1 aromatic rings. The standard InChI is InChI=1S/C9H10F3NO2/c10-9(11,12)5-13-4-6-1-2-7(14)8(15)3-6/h1-3,13-15H,4-5H2. The van der Waals surface area contributed by atoms with Crippen LogP contribution in [0.15, 0.2) is 18.2 Å². The lowest BCUT2D eigenvalue weighted by atomic mass is 10.2. The molecule has 15 heavy (non-hydrogen) atoms. The predicted octanol–water partition coefficient (Wildman–Crippen LogP) is 1.75. The highest BCUT2D eigenvalue weighted by atomic mass is 19.4. The fraction of sp³-hybridized carbons (Fsp3) is 0.333. The van der Waals surface area contributed by atoms with E-state index in [1.54, 1.807) is 0 Å². The Kier molecular flexibility index (Phi) is 3.41. The van der Waals surface area contributed by atoms with E-state index in [4.69, 9.17) is 10.2 Å². The molecule has 1 rings (SSSR count). The average molecular weight is 221 g/mol. The molecule has 0 aliphatic carbocycles. The van der Waals surface area contributed by atoms with Gasteiger partial charge in [-0.15, -0.1) is 0 Å². The van der Waals surface area contributed by atoms with Gasteiger partial charge in [0.25, 0.3) is 0 Å². The lowest BCUT2D eigenvalue weighted by Crippen LogP contribution is -2.28. The van der Waals surface area contributed by atoms with Gasteiger partial charge in [-0.25, -0.2) is 0 Å². The number of alkyl halides is 3. The van der Waals surface area contributed by atoms with Crippen LogP contribution in [0, 0.1) is 0 Å². The quantitative estimate of drug-likeness (QED) is 0.681. The summed E-state index contributed by atoms with van der Waals surface area (Å²) in [6.45, 7) is -1.11. The van der Waals surface area contributed by atoms with Crippen molar-refractivity contribution in [2.24, 2.45) is 0 Å². The molecule has 3 nitrogen and oxygen atoms in total. The van der Waals surface area contributed by atoms with Gasteiger partial charge in [-0.2, -0.15) is 13.2 Å². The molecule has 0 bridgehead atoms. The number of halogens is 3. The van der Waals surface area contributed by atoms with Crippen molar-refractivity contribution in [2.45, 2.75) is 12.7 Å². The summed E-state index contributed by atoms with van der Waals surface area (Å²) in [5.74, 6) is -0.643. The summed E-state index contributed by atoms with van der Waals surface area (Å²) in [5, 5.41) is 20.2. The molecule has 0 fully saturated rings. The largest absolute Gasteiger partial charge is 0.504 e. The van der Waals surface area contributed by atoms with Gasteiger partial charge in [0, 0.05) is 6.54 Å². The number of aromatic hydroxyl groups is 2. The highest BCUT2D eigenvalue weighted by Crippen LogP contribution is 2.24. The zero-order valence-corrected chi connectivity index (χ0v) is 7.67. The number of hydrogen-bond donors (Lipinski definition) is 3. The fourth-order valence-electron chi connectivity index (χ4n) is 1.03. The molecular formula is C9H10F3NO2. The first-order chi connectivity index (χ1) is 6.88. The van der Waals surface area contributed by atoms with Crippen molar-refractivity contribution in [3.05, 3.63) is 23.8 Å². The zero-order chi connectivity index (χ0) is 11.5. The number of rotatable bonds is 3. The molecule has 0 spiro atoms. The molecule has 0 aliphatic rings. The third-order valence-electron chi connectivity index (χ3n) is 1.69. The molecule has 1 aromatic carbocycles. The smallest absolute Gasteiger partial charge is 0.401 e. The monoisotopic (exact) mass is 221 g/mol. The van der Waals surface area contributed by atoms with Crippen LogP contribution in [0.1, 0.15) is 5.56 Å². The fourth-order valence-corrected chi connectivity index (χ4v) is 1.03. The molecule has 6 heteroatoms. The zero-order valence-electron chi connectivity index (χ0n) is 7.67. The number of hydrogen-bond acceptors (Lipinski definition) is 3. The first-order valence-corrected chi connectivity index (χ1v) is 4.17. The Hall–Kier alpha value is -1.43. The highest BCUT2D eigenvalue weighted by molar-refractivity contribution is 5.40. The number of benzene rings is 1. The Balaban J connectivity index is 2.48. The molecule has 0 radical (unpaired) electrons. The highest BCUT2D eigenvalue weighted by Gasteiger charge is 2.26. The molecule has 0 amide bonds. The molecular weight excluding hydrogens is 211 g/mol. The molecule has 0 aliphatic heterocycles. The second-order valence-electron chi connectivity index (χ2n) is 3.04. The van der Waals surface area contributed by atoms with Crippen molar-refractivity contribution < 1.29 is 23.4 Å². The van der Waals surface area contributed by atoms with E-state index >= 15 is 0 Å². The molecule has 0 heterocycles. The van der Waals surface area contributed by atoms with Gasteiger partial charge in [0.05, 0.1) is 6.54 Å². The van der Waals surface area contributed by atoms with Crippen LogP contribution >= 0.6 is 0 Å². The van der Waals surface area contributed by atoms with Gasteiger partial charge in [0.1, 0.15) is 0 Å². The molecule has 0 saturated carbocycles. The summed E-state index contributed by atoms with van der Waals surface area (Å²) >= 11 is 0. The average Bonchev–Trinajstić information content (AvgIpc) is 2.09. The van der Waals surface area contributed by atoms with E-state index in [9.17, 15) is 13.2 Å². The Labute approximate surface area is 84.2 Å². The minimum Gasteiger partial charge on any atom is -0.504 e. The summed E-state index contributed by atoms with van der Waals surface area (Å²) < 4.78 is 35.2. The van der Waals surface area contributed by atoms with E-state index < -0.39 is 12.7 Å². The van der Waals surface area contributed by atoms with E-state index in [1.165, 1.54) is 18.2 Å². The Morgan fingerprint density at radius 3 is 2.33 bits per heavy atom. The van der Waals surface area contributed by atoms with Crippen molar-refractivity contribution in [3.8, 4) is 11.5 Å². The summed E-state index contributed by atoms with van der Waals surface area (Å²) in [6.07, 6.45) is -4.25. The van der Waals surface area contributed by atoms with Crippen LogP contribution in [0.25, 0.3) is 0 Å². The van der Waals surface area contributed by atoms with Crippen molar-refractivity contribution in [1.29, 1.82) is 0 Å². The number of phenolic OH excluding ortho intramolecular Hbond substituents is 2. The summed E-state index contributed by atoms with van der Waals surface area (Å²) in [7, 11) is 0. The third-order valence-corrected chi connectivity index (χ3v) is 1.69. The molecule has 0 unspecified atom stereocenters. The van der Waals surface area contributed by atoms with Gasteiger partial charge in [0.15, 0.2) is 11.5 Å². The maximum Gasteiger partial charge on any atom is 0.401 e. The van der Waals surface area contributed by atoms with Gasteiger partial charge in [-0.05, 0) is 17.7 Å². The Morgan fingerprint density at radius 2 is 1.80 bits per heavy atom. The first kappa shape index (κ1) is 11.6. The van der Waals surface area contributed by atoms with Gasteiger partial charge in [0.2, 0.25) is 0 Å². The van der Waals surface area contributed by atoms with E-state index in [2.05, 4.69) is 5.32 Å². The second kappa shape index (κ2) is 4.39. The lowest BCUT2D eigenvalue weighted by molar-refractivity contribution is -0.125. The maximum absolute atomic E-state index is 11.7. The summed E-state index contributed by atoms with van der Waals surface area (Å²) in [6, 6.07) is 3.86. The summed E-state index contributed by atoms with van der Waals surface area (Å²) in [5.41, 5.74) is 0.467. The predicted molar refractivity (Wildman–Crippen MR) is 47.5 cm³/mol. The molecule has 84 valence electrons. The topological polar surface area (TPSA) is 52.5 Å². The molecule has 0 saturated heterocycles. The van der Waals surface area contributed by atoms with E-state index in [0.717, 1.165) is 0 Å². The van der Waals surface area contributed by atoms with Gasteiger partial charge < -0.3 is 15.5 Å². The van der Waals surface area contributed by atoms with Crippen LogP contribution in [-0.2, 0) is 6.54 Å². The second-order valence-corrected chi connectivity index (χ2v) is 3.04. The van der Waals surface area contributed by atoms with E-state index in [-0.39, 0.29) is 18.0 Å². The molecule has 3 N–H and O–H groups in total. The van der Waals surface area contributed by atoms with Crippen LogP contribution in [0.4, 0.5) is 13.2 Å². The van der Waals surface area contributed by atoms with Crippen molar-refractivity contribution in [1.82, 2.24) is 5.32 Å². The SMILES string of the molecule is Oc1ccc(CNCC(F)(F)F)cc1O. The van der Waals surface area contributed by atoms with Crippen LogP contribution in [0.5, 0.6) is 11.5 Å². The van der Waals surface area contributed by atoms with E-state index in [0.29, 0.717) is 5.56 Å². The Morgan fingerprint density at radius 1 is 1.13 bits per heavy atom. The van der Waals surface area contributed by atoms with Crippen molar-refractivity contribution >= 4 is 0 Å². The summed E-state index contributed by atoms with van der Waals surface area (Å²) in [4.78, 5) is 0. The van der Waals surface area contributed by atoms with Crippen LogP contribution in [-0.4, -0.2) is 22.9 Å². The first-order valence-electron chi connectivity index (χ1n) is 4.17. The number of phenols is 2. The Bertz CT molecular complexity index is 339. The van der Waals surface area contributed by atoms with Gasteiger partial charge >= 0.3 is 6.18 Å². The van der Waals surface area contributed by atoms with E-state index in [1.807, 2.05) is 0 Å². The third kappa shape index (κ3) is 4.07. The van der Waals surface area contributed by atoms with Crippen molar-refractivity contribution in [2.75, 3.05) is 6.54 Å². The lowest BCUT2D eigenvalue weighted by Gasteiger charge is -2.08. The van der Waals surface area contributed by atoms with Crippen LogP contribution in [0.2, 0.25) is 0 Å². The minimum atomic E-state index is -4.25. The maximum atomic E-state index is 11.7. The normalized spacial score (nSPS) is 11.7. The van der Waals surface area contributed by atoms with Gasteiger partial charge in [-0.1, -0.05) is 6.07 Å². The van der Waals surface area contributed by atoms with Gasteiger partial charge in [-0.3, -0.25) is 0 Å². The van der Waals surface area contributed by atoms with Crippen LogP contribution < -0.4 is 5.32 Å². The number of nitrogens with one attached hydrogen (secondary N) is 1. The molecule has 0 atom stereocenters. The van der Waals surface area contributed by atoms with Crippen molar-refractivity contribution in [3.63, 3.8) is 0 Å².